The van der Waals surface area contributed by atoms with E-state index in [1.165, 1.54) is 35.4 Å². The summed E-state index contributed by atoms with van der Waals surface area (Å²) in [5.74, 6) is -0.468. The van der Waals surface area contributed by atoms with Crippen molar-refractivity contribution in [3.63, 3.8) is 0 Å². The number of aromatic amines is 1. The van der Waals surface area contributed by atoms with E-state index in [0.29, 0.717) is 23.5 Å². The largest absolute Gasteiger partial charge is 0.453 e. The van der Waals surface area contributed by atoms with Crippen LogP contribution in [0.25, 0.3) is 11.3 Å². The van der Waals surface area contributed by atoms with Gasteiger partial charge in [-0.05, 0) is 37.1 Å². The number of nitrogens with one attached hydrogen (secondary N) is 3. The van der Waals surface area contributed by atoms with Crippen LogP contribution in [0.3, 0.4) is 0 Å². The maximum absolute atomic E-state index is 14.7. The summed E-state index contributed by atoms with van der Waals surface area (Å²) < 4.78 is 81.5. The average Bonchev–Trinajstić information content (AvgIpc) is 3.44. The van der Waals surface area contributed by atoms with Crippen molar-refractivity contribution in [1.29, 1.82) is 0 Å². The van der Waals surface area contributed by atoms with Crippen LogP contribution in [0.1, 0.15) is 44.0 Å². The van der Waals surface area contributed by atoms with Gasteiger partial charge in [-0.15, -0.1) is 11.6 Å². The third-order valence-corrected chi connectivity index (χ3v) is 8.08. The number of cyclic esters (lactones) is 1. The molecule has 1 aromatic carbocycles. The lowest BCUT2D eigenvalue weighted by molar-refractivity contribution is -0.144. The molecule has 0 saturated carbocycles. The van der Waals surface area contributed by atoms with E-state index in [0.717, 1.165) is 13.2 Å². The molecule has 2 aliphatic heterocycles. The number of ether oxygens (including phenoxy) is 2. The van der Waals surface area contributed by atoms with Crippen LogP contribution < -0.4 is 10.6 Å². The summed E-state index contributed by atoms with van der Waals surface area (Å²) in [6.45, 7) is 0.0657. The van der Waals surface area contributed by atoms with Crippen molar-refractivity contribution in [2.24, 2.45) is 0 Å². The fourth-order valence-corrected chi connectivity index (χ4v) is 5.73. The molecule has 232 valence electrons. The normalized spacial score (nSPS) is 26.4. The Hall–Kier alpha value is -3.81. The van der Waals surface area contributed by atoms with E-state index in [-0.39, 0.29) is 49.2 Å². The van der Waals surface area contributed by atoms with E-state index < -0.39 is 53.9 Å². The maximum Gasteiger partial charge on any atom is 0.411 e. The Morgan fingerprint density at radius 1 is 1.23 bits per heavy atom. The van der Waals surface area contributed by atoms with Crippen LogP contribution in [0.15, 0.2) is 47.9 Å². The number of halogens is 6. The van der Waals surface area contributed by atoms with Crippen LogP contribution in [0.2, 0.25) is 0 Å². The number of amides is 2. The number of methoxy groups -OCH3 is 1. The number of anilines is 2. The van der Waals surface area contributed by atoms with E-state index in [2.05, 4.69) is 25.3 Å². The summed E-state index contributed by atoms with van der Waals surface area (Å²) in [4.78, 5) is 33.9. The second kappa shape index (κ2) is 12.4. The van der Waals surface area contributed by atoms with Crippen molar-refractivity contribution < 1.29 is 41.0 Å². The molecule has 1 saturated heterocycles. The van der Waals surface area contributed by atoms with E-state index in [9.17, 15) is 31.5 Å². The number of hydrogen-bond acceptors (Lipinski definition) is 6. The number of carbonyl (C=O) groups excluding carboxylic acids is 2. The average molecular weight is 630 g/mol. The summed E-state index contributed by atoms with van der Waals surface area (Å²) in [5, 5.41) is 3.94. The molecular weight excluding hydrogens is 601 g/mol. The number of fused-ring (bicyclic) bond motifs is 4. The number of aromatic nitrogens is 2. The number of benzene rings is 1. The molecule has 2 bridgehead atoms. The summed E-state index contributed by atoms with van der Waals surface area (Å²) in [5.41, 5.74) is 0.704. The van der Waals surface area contributed by atoms with Crippen molar-refractivity contribution in [1.82, 2.24) is 14.9 Å². The van der Waals surface area contributed by atoms with Crippen LogP contribution >= 0.6 is 11.6 Å². The zero-order valence-electron chi connectivity index (χ0n) is 22.9. The number of allylic oxidation sites excluding steroid dienone is 3. The zero-order chi connectivity index (χ0) is 30.9. The Kier molecular flexibility index (Phi) is 8.86. The lowest BCUT2D eigenvalue weighted by atomic mass is 9.93. The van der Waals surface area contributed by atoms with Gasteiger partial charge in [0.1, 0.15) is 30.0 Å². The highest BCUT2D eigenvalue weighted by Crippen LogP contribution is 2.39. The fourth-order valence-electron chi connectivity index (χ4n) is 5.52. The van der Waals surface area contributed by atoms with E-state index in [4.69, 9.17) is 16.3 Å². The number of imidazole rings is 1. The third-order valence-electron chi connectivity index (χ3n) is 7.71. The molecule has 1 aliphatic carbocycles. The number of rotatable bonds is 3. The molecule has 5 rings (SSSR count). The number of alkyl halides is 5. The first-order valence-electron chi connectivity index (χ1n) is 13.7. The Labute approximate surface area is 248 Å². The van der Waals surface area contributed by atoms with Crippen LogP contribution in [0, 0.1) is 0 Å². The maximum atomic E-state index is 14.7. The Bertz CT molecular complexity index is 1430. The Morgan fingerprint density at radius 2 is 2.00 bits per heavy atom. The number of nitrogens with zero attached hydrogens (tertiary/aromatic N) is 2. The Balaban J connectivity index is 1.44. The smallest absolute Gasteiger partial charge is 0.411 e. The Morgan fingerprint density at radius 3 is 2.72 bits per heavy atom. The topological polar surface area (TPSA) is 109 Å². The van der Waals surface area contributed by atoms with Crippen molar-refractivity contribution in [2.45, 2.75) is 68.0 Å². The van der Waals surface area contributed by atoms with Gasteiger partial charge in [0.05, 0.1) is 30.4 Å². The molecule has 3 heterocycles. The van der Waals surface area contributed by atoms with Gasteiger partial charge in [-0.1, -0.05) is 18.9 Å². The highest BCUT2D eigenvalue weighted by atomic mass is 35.5. The molecule has 3 unspecified atom stereocenters. The fraction of sp³-hybridized carbons (Fsp3) is 0.464. The first-order chi connectivity index (χ1) is 20.5. The molecule has 43 heavy (non-hydrogen) atoms. The molecule has 2 aromatic rings. The standard InChI is InChI=1S/C28H29ClF5N5O4/c1-42-26(40)36-14-6-7-15-18(12-14)37-22(28(32,33)34)5-3-2-4-20(25-35-13-19(15)38-25)39-11-10-21(43-27(39)41)23-17(30)9-8-16(29)24(23)31/h6-9,12-13,16,20-22,24,37H,2-5,10-11H2,1H3,(H,35,38)(H,36,40)/t16?,20-,21?,22-,24?/m0/s1. The SMILES string of the molecule is COC(=O)Nc1ccc2c(c1)N[C@H](C(F)(F)F)CCCC[C@H](N1CCC(C3=C(F)C=CC(Cl)C3F)OC1=O)c1ncc-2[nH]1. The summed E-state index contributed by atoms with van der Waals surface area (Å²) in [6.07, 6.45) is -4.96. The number of H-pyrrole nitrogens is 1. The van der Waals surface area contributed by atoms with Gasteiger partial charge in [0, 0.05) is 35.5 Å². The van der Waals surface area contributed by atoms with Crippen molar-refractivity contribution in [2.75, 3.05) is 24.3 Å². The van der Waals surface area contributed by atoms with Gasteiger partial charge in [0.15, 0.2) is 0 Å². The first-order valence-corrected chi connectivity index (χ1v) is 14.1. The predicted octanol–water partition coefficient (Wildman–Crippen LogP) is 7.16. The van der Waals surface area contributed by atoms with Crippen LogP contribution in [-0.4, -0.2) is 70.6 Å². The zero-order valence-corrected chi connectivity index (χ0v) is 23.6. The van der Waals surface area contributed by atoms with Crippen LogP contribution in [0.4, 0.5) is 42.9 Å². The highest BCUT2D eigenvalue weighted by Gasteiger charge is 2.42. The van der Waals surface area contributed by atoms with Crippen molar-refractivity contribution in [3.8, 4) is 11.3 Å². The molecule has 15 heteroatoms. The van der Waals surface area contributed by atoms with Gasteiger partial charge in [-0.3, -0.25) is 10.2 Å². The van der Waals surface area contributed by atoms with E-state index in [1.807, 2.05) is 0 Å². The molecule has 5 atom stereocenters. The molecule has 2 amide bonds. The molecule has 0 radical (unpaired) electrons. The summed E-state index contributed by atoms with van der Waals surface area (Å²) in [6, 6.07) is 1.80. The van der Waals surface area contributed by atoms with Gasteiger partial charge < -0.3 is 19.8 Å². The predicted molar refractivity (Wildman–Crippen MR) is 148 cm³/mol. The molecule has 1 fully saturated rings. The van der Waals surface area contributed by atoms with Gasteiger partial charge in [-0.2, -0.15) is 13.2 Å². The van der Waals surface area contributed by atoms with Gasteiger partial charge in [0.2, 0.25) is 0 Å². The minimum Gasteiger partial charge on any atom is -0.453 e. The minimum absolute atomic E-state index is 0.0657. The van der Waals surface area contributed by atoms with Gasteiger partial charge >= 0.3 is 18.4 Å². The molecule has 0 spiro atoms. The van der Waals surface area contributed by atoms with E-state index >= 15 is 0 Å². The summed E-state index contributed by atoms with van der Waals surface area (Å²) in [7, 11) is 1.16. The van der Waals surface area contributed by atoms with E-state index in [1.54, 1.807) is 0 Å². The second-order valence-electron chi connectivity index (χ2n) is 10.5. The molecule has 9 nitrogen and oxygen atoms in total. The number of hydrogen-bond donors (Lipinski definition) is 3. The van der Waals surface area contributed by atoms with Gasteiger partial charge in [-0.25, -0.2) is 23.4 Å². The molecule has 1 aromatic heterocycles. The van der Waals surface area contributed by atoms with Crippen molar-refractivity contribution >= 4 is 35.2 Å². The first kappa shape index (κ1) is 30.6. The summed E-state index contributed by atoms with van der Waals surface area (Å²) >= 11 is 5.93. The lowest BCUT2D eigenvalue weighted by Crippen LogP contribution is -2.46. The molecular formula is C28H29ClF5N5O4. The van der Waals surface area contributed by atoms with Gasteiger partial charge in [0.25, 0.3) is 0 Å². The van der Waals surface area contributed by atoms with Crippen LogP contribution in [0.5, 0.6) is 0 Å². The number of carbonyl (C=O) groups is 2. The minimum atomic E-state index is -4.58. The lowest BCUT2D eigenvalue weighted by Gasteiger charge is -2.38. The monoisotopic (exact) mass is 629 g/mol. The highest BCUT2D eigenvalue weighted by molar-refractivity contribution is 6.22. The van der Waals surface area contributed by atoms with Crippen LogP contribution in [-0.2, 0) is 9.47 Å². The molecule has 3 N–H and O–H groups in total. The quantitative estimate of drug-likeness (QED) is 0.246. The molecule has 3 aliphatic rings. The third kappa shape index (κ3) is 6.58. The van der Waals surface area contributed by atoms with Crippen molar-refractivity contribution in [3.05, 3.63) is 53.8 Å². The second-order valence-corrected chi connectivity index (χ2v) is 11.0.